The fourth-order valence-corrected chi connectivity index (χ4v) is 2.73. The Hall–Kier alpha value is -1.93. The van der Waals surface area contributed by atoms with Gasteiger partial charge < -0.3 is 10.4 Å². The van der Waals surface area contributed by atoms with Crippen LogP contribution in [0.2, 0.25) is 0 Å². The first-order chi connectivity index (χ1) is 9.27. The van der Waals surface area contributed by atoms with Crippen LogP contribution in [0.1, 0.15) is 24.2 Å². The van der Waals surface area contributed by atoms with Crippen molar-refractivity contribution in [1.82, 2.24) is 10.0 Å². The molecule has 0 spiro atoms. The molecule has 1 aromatic rings. The van der Waals surface area contributed by atoms with E-state index < -0.39 is 27.9 Å². The molecule has 0 aliphatic heterocycles. The number of carbonyl (C=O) groups is 2. The molecule has 1 unspecified atom stereocenters. The highest BCUT2D eigenvalue weighted by atomic mass is 32.2. The standard InChI is InChI=1S/C12H16N2O5S/c1-3-13-11(15)8(2)14-20(18,19)10-6-4-5-9(7-10)12(16)17/h4-8,14H,3H2,1-2H3,(H,13,15)(H,16,17). The van der Waals surface area contributed by atoms with Crippen LogP contribution in [-0.4, -0.2) is 38.0 Å². The van der Waals surface area contributed by atoms with E-state index in [1.807, 2.05) is 0 Å². The number of aromatic carboxylic acids is 1. The number of carboxylic acid groups (broad SMARTS) is 1. The second kappa shape index (κ2) is 6.49. The van der Waals surface area contributed by atoms with Crippen LogP contribution in [0.15, 0.2) is 29.2 Å². The third-order valence-electron chi connectivity index (χ3n) is 2.47. The number of amides is 1. The average molecular weight is 300 g/mol. The van der Waals surface area contributed by atoms with E-state index in [0.29, 0.717) is 6.54 Å². The smallest absolute Gasteiger partial charge is 0.335 e. The van der Waals surface area contributed by atoms with Crippen LogP contribution in [-0.2, 0) is 14.8 Å². The number of sulfonamides is 1. The summed E-state index contributed by atoms with van der Waals surface area (Å²) in [6.45, 7) is 3.51. The van der Waals surface area contributed by atoms with Gasteiger partial charge >= 0.3 is 5.97 Å². The number of likely N-dealkylation sites (N-methyl/N-ethyl adjacent to an activating group) is 1. The molecule has 1 amide bonds. The van der Waals surface area contributed by atoms with Crippen LogP contribution >= 0.6 is 0 Å². The predicted molar refractivity (Wildman–Crippen MR) is 71.9 cm³/mol. The van der Waals surface area contributed by atoms with Gasteiger partial charge in [0.05, 0.1) is 16.5 Å². The van der Waals surface area contributed by atoms with Gasteiger partial charge in [0.2, 0.25) is 15.9 Å². The summed E-state index contributed by atoms with van der Waals surface area (Å²) < 4.78 is 26.3. The quantitative estimate of drug-likeness (QED) is 0.694. The van der Waals surface area contributed by atoms with Gasteiger partial charge in [0.25, 0.3) is 0 Å². The summed E-state index contributed by atoms with van der Waals surface area (Å²) in [5, 5.41) is 11.3. The van der Waals surface area contributed by atoms with Crippen LogP contribution in [0, 0.1) is 0 Å². The molecule has 0 fully saturated rings. The lowest BCUT2D eigenvalue weighted by Gasteiger charge is -2.13. The molecule has 20 heavy (non-hydrogen) atoms. The summed E-state index contributed by atoms with van der Waals surface area (Å²) >= 11 is 0. The summed E-state index contributed by atoms with van der Waals surface area (Å²) in [6, 6.07) is 3.96. The predicted octanol–water partition coefficient (Wildman–Crippen LogP) is 0.188. The lowest BCUT2D eigenvalue weighted by molar-refractivity contribution is -0.122. The second-order valence-electron chi connectivity index (χ2n) is 4.07. The highest BCUT2D eigenvalue weighted by molar-refractivity contribution is 7.89. The maximum atomic E-state index is 12.0. The molecule has 7 nitrogen and oxygen atoms in total. The van der Waals surface area contributed by atoms with Crippen molar-refractivity contribution in [3.63, 3.8) is 0 Å². The Bertz CT molecular complexity index is 612. The number of carboxylic acids is 1. The molecule has 1 aromatic carbocycles. The van der Waals surface area contributed by atoms with Gasteiger partial charge in [-0.05, 0) is 32.0 Å². The molecule has 0 aromatic heterocycles. The second-order valence-corrected chi connectivity index (χ2v) is 5.78. The molecule has 0 aliphatic rings. The minimum absolute atomic E-state index is 0.140. The Kier molecular flexibility index (Phi) is 5.23. The lowest BCUT2D eigenvalue weighted by atomic mass is 10.2. The van der Waals surface area contributed by atoms with Gasteiger partial charge in [-0.2, -0.15) is 4.72 Å². The topological polar surface area (TPSA) is 113 Å². The van der Waals surface area contributed by atoms with Gasteiger partial charge in [-0.1, -0.05) is 6.07 Å². The van der Waals surface area contributed by atoms with Crippen LogP contribution < -0.4 is 10.0 Å². The zero-order valence-electron chi connectivity index (χ0n) is 11.1. The van der Waals surface area contributed by atoms with E-state index in [0.717, 1.165) is 6.07 Å². The van der Waals surface area contributed by atoms with Crippen molar-refractivity contribution in [2.24, 2.45) is 0 Å². The van der Waals surface area contributed by atoms with Crippen LogP contribution in [0.4, 0.5) is 0 Å². The maximum absolute atomic E-state index is 12.0. The van der Waals surface area contributed by atoms with Crippen LogP contribution in [0.5, 0.6) is 0 Å². The summed E-state index contributed by atoms with van der Waals surface area (Å²) in [6.07, 6.45) is 0. The van der Waals surface area contributed by atoms with Gasteiger partial charge in [0.1, 0.15) is 0 Å². The zero-order valence-corrected chi connectivity index (χ0v) is 11.9. The van der Waals surface area contributed by atoms with E-state index >= 15 is 0 Å². The largest absolute Gasteiger partial charge is 0.478 e. The molecule has 1 atom stereocenters. The third-order valence-corrected chi connectivity index (χ3v) is 4.01. The first kappa shape index (κ1) is 16.1. The van der Waals surface area contributed by atoms with Gasteiger partial charge in [-0.25, -0.2) is 13.2 Å². The maximum Gasteiger partial charge on any atom is 0.335 e. The summed E-state index contributed by atoms with van der Waals surface area (Å²) in [5.41, 5.74) is -0.140. The van der Waals surface area contributed by atoms with Crippen molar-refractivity contribution in [2.45, 2.75) is 24.8 Å². The van der Waals surface area contributed by atoms with E-state index in [4.69, 9.17) is 5.11 Å². The van der Waals surface area contributed by atoms with Crippen LogP contribution in [0.25, 0.3) is 0 Å². The fraction of sp³-hybridized carbons (Fsp3) is 0.333. The Labute approximate surface area is 117 Å². The van der Waals surface area contributed by atoms with E-state index in [9.17, 15) is 18.0 Å². The molecule has 3 N–H and O–H groups in total. The molecule has 0 bridgehead atoms. The monoisotopic (exact) mass is 300 g/mol. The zero-order chi connectivity index (χ0) is 15.3. The SMILES string of the molecule is CCNC(=O)C(C)NS(=O)(=O)c1cccc(C(=O)O)c1. The Morgan fingerprint density at radius 3 is 2.55 bits per heavy atom. The highest BCUT2D eigenvalue weighted by Crippen LogP contribution is 2.12. The summed E-state index contributed by atoms with van der Waals surface area (Å²) in [5.74, 6) is -1.68. The van der Waals surface area contributed by atoms with Gasteiger partial charge in [-0.3, -0.25) is 4.79 Å². The van der Waals surface area contributed by atoms with E-state index in [1.165, 1.54) is 25.1 Å². The molecule has 0 radical (unpaired) electrons. The van der Waals surface area contributed by atoms with E-state index in [2.05, 4.69) is 10.0 Å². The number of benzene rings is 1. The van der Waals surface area contributed by atoms with Crippen molar-refractivity contribution in [2.75, 3.05) is 6.54 Å². The molecular formula is C12H16N2O5S. The molecule has 110 valence electrons. The number of hydrogen-bond acceptors (Lipinski definition) is 4. The summed E-state index contributed by atoms with van der Waals surface area (Å²) in [7, 11) is -3.95. The van der Waals surface area contributed by atoms with Crippen LogP contribution in [0.3, 0.4) is 0 Å². The number of carbonyl (C=O) groups excluding carboxylic acids is 1. The molecule has 0 heterocycles. The first-order valence-corrected chi connectivity index (χ1v) is 7.39. The molecule has 0 saturated carbocycles. The van der Waals surface area contributed by atoms with Crippen molar-refractivity contribution in [1.29, 1.82) is 0 Å². The Morgan fingerprint density at radius 2 is 2.00 bits per heavy atom. The average Bonchev–Trinajstić information content (AvgIpc) is 2.38. The number of rotatable bonds is 6. The van der Waals surface area contributed by atoms with Gasteiger partial charge in [-0.15, -0.1) is 0 Å². The molecular weight excluding hydrogens is 284 g/mol. The minimum atomic E-state index is -3.95. The molecule has 8 heteroatoms. The Morgan fingerprint density at radius 1 is 1.35 bits per heavy atom. The van der Waals surface area contributed by atoms with Crippen molar-refractivity contribution >= 4 is 21.9 Å². The highest BCUT2D eigenvalue weighted by Gasteiger charge is 2.22. The van der Waals surface area contributed by atoms with Gasteiger partial charge in [0.15, 0.2) is 0 Å². The molecule has 0 saturated heterocycles. The van der Waals surface area contributed by atoms with E-state index in [1.54, 1.807) is 6.92 Å². The normalized spacial score (nSPS) is 12.7. The number of hydrogen-bond donors (Lipinski definition) is 3. The Balaban J connectivity index is 2.97. The van der Waals surface area contributed by atoms with Crippen molar-refractivity contribution < 1.29 is 23.1 Å². The van der Waals surface area contributed by atoms with Gasteiger partial charge in [0, 0.05) is 6.54 Å². The van der Waals surface area contributed by atoms with E-state index in [-0.39, 0.29) is 10.5 Å². The molecule has 1 rings (SSSR count). The summed E-state index contributed by atoms with van der Waals surface area (Å²) in [4.78, 5) is 22.1. The number of nitrogens with one attached hydrogen (secondary N) is 2. The van der Waals surface area contributed by atoms with Crippen molar-refractivity contribution in [3.05, 3.63) is 29.8 Å². The third kappa shape index (κ3) is 4.04. The molecule has 0 aliphatic carbocycles. The lowest BCUT2D eigenvalue weighted by Crippen LogP contribution is -2.44. The fourth-order valence-electron chi connectivity index (χ4n) is 1.48. The first-order valence-electron chi connectivity index (χ1n) is 5.91. The van der Waals surface area contributed by atoms with Crippen molar-refractivity contribution in [3.8, 4) is 0 Å². The minimum Gasteiger partial charge on any atom is -0.478 e.